The van der Waals surface area contributed by atoms with Crippen molar-refractivity contribution in [1.82, 2.24) is 15.5 Å². The van der Waals surface area contributed by atoms with Gasteiger partial charge in [0.05, 0.1) is 12.1 Å². The molecule has 1 aromatic heterocycles. The number of nitrogens with one attached hydrogen (secondary N) is 1. The number of carbonyl (C=O) groups excluding carboxylic acids is 1. The van der Waals surface area contributed by atoms with Crippen LogP contribution in [0.15, 0.2) is 28.7 Å². The Bertz CT molecular complexity index is 539. The van der Waals surface area contributed by atoms with Crippen LogP contribution in [0.4, 0.5) is 4.39 Å². The Labute approximate surface area is 96.7 Å². The van der Waals surface area contributed by atoms with E-state index in [1.165, 1.54) is 18.2 Å². The van der Waals surface area contributed by atoms with Gasteiger partial charge < -0.3 is 9.73 Å². The Morgan fingerprint density at radius 1 is 1.41 bits per heavy atom. The van der Waals surface area contributed by atoms with E-state index in [4.69, 9.17) is 4.42 Å². The van der Waals surface area contributed by atoms with Gasteiger partial charge in [0.25, 0.3) is 5.91 Å². The molecule has 1 aromatic carbocycles. The first kappa shape index (κ1) is 11.3. The number of nitrogens with zero attached hydrogens (tertiary/aromatic N) is 2. The summed E-state index contributed by atoms with van der Waals surface area (Å²) in [6.45, 7) is 1.73. The largest absolute Gasteiger partial charge is 0.424 e. The van der Waals surface area contributed by atoms with Gasteiger partial charge in [0, 0.05) is 6.92 Å². The van der Waals surface area contributed by atoms with E-state index in [0.29, 0.717) is 5.89 Å². The smallest absolute Gasteiger partial charge is 0.254 e. The number of benzene rings is 1. The lowest BCUT2D eigenvalue weighted by molar-refractivity contribution is 0.0943. The summed E-state index contributed by atoms with van der Waals surface area (Å²) in [6, 6.07) is 5.75. The SMILES string of the molecule is Cc1nnc(CNC(=O)c2ccccc2F)o1. The number of hydrogen-bond donors (Lipinski definition) is 1. The van der Waals surface area contributed by atoms with Crippen molar-refractivity contribution in [3.05, 3.63) is 47.4 Å². The van der Waals surface area contributed by atoms with Crippen molar-refractivity contribution in [3.63, 3.8) is 0 Å². The fourth-order valence-corrected chi connectivity index (χ4v) is 1.31. The highest BCUT2D eigenvalue weighted by atomic mass is 19.1. The molecule has 0 unspecified atom stereocenters. The zero-order chi connectivity index (χ0) is 12.3. The molecule has 0 bridgehead atoms. The number of rotatable bonds is 3. The van der Waals surface area contributed by atoms with Crippen LogP contribution in [0, 0.1) is 12.7 Å². The highest BCUT2D eigenvalue weighted by molar-refractivity contribution is 5.94. The summed E-state index contributed by atoms with van der Waals surface area (Å²) in [5.74, 6) is -0.377. The minimum atomic E-state index is -0.563. The van der Waals surface area contributed by atoms with Crippen LogP contribution < -0.4 is 5.32 Å². The van der Waals surface area contributed by atoms with Crippen LogP contribution in [0.5, 0.6) is 0 Å². The van der Waals surface area contributed by atoms with E-state index < -0.39 is 11.7 Å². The van der Waals surface area contributed by atoms with E-state index >= 15 is 0 Å². The third-order valence-corrected chi connectivity index (χ3v) is 2.09. The molecule has 0 saturated heterocycles. The van der Waals surface area contributed by atoms with E-state index in [0.717, 1.165) is 0 Å². The number of hydrogen-bond acceptors (Lipinski definition) is 4. The van der Waals surface area contributed by atoms with Gasteiger partial charge in [-0.05, 0) is 12.1 Å². The minimum absolute atomic E-state index is 0.0104. The Morgan fingerprint density at radius 2 is 2.18 bits per heavy atom. The van der Waals surface area contributed by atoms with E-state index in [9.17, 15) is 9.18 Å². The van der Waals surface area contributed by atoms with Gasteiger partial charge in [0.2, 0.25) is 11.8 Å². The number of aromatic nitrogens is 2. The molecule has 0 radical (unpaired) electrons. The molecular weight excluding hydrogens is 225 g/mol. The van der Waals surface area contributed by atoms with Gasteiger partial charge >= 0.3 is 0 Å². The van der Waals surface area contributed by atoms with Gasteiger partial charge in [0.1, 0.15) is 5.82 Å². The predicted molar refractivity (Wildman–Crippen MR) is 56.6 cm³/mol. The molecule has 5 nitrogen and oxygen atoms in total. The molecular formula is C11H10FN3O2. The van der Waals surface area contributed by atoms with Crippen LogP contribution in [0.25, 0.3) is 0 Å². The van der Waals surface area contributed by atoms with Gasteiger partial charge in [0.15, 0.2) is 0 Å². The van der Waals surface area contributed by atoms with Gasteiger partial charge in [-0.3, -0.25) is 4.79 Å². The fraction of sp³-hybridized carbons (Fsp3) is 0.182. The van der Waals surface area contributed by atoms with Crippen molar-refractivity contribution in [3.8, 4) is 0 Å². The maximum atomic E-state index is 13.3. The maximum Gasteiger partial charge on any atom is 0.254 e. The number of carbonyl (C=O) groups is 1. The third-order valence-electron chi connectivity index (χ3n) is 2.09. The summed E-state index contributed by atoms with van der Waals surface area (Å²) in [7, 11) is 0. The normalized spacial score (nSPS) is 10.2. The molecule has 0 saturated carbocycles. The van der Waals surface area contributed by atoms with Gasteiger partial charge in [-0.25, -0.2) is 4.39 Å². The molecule has 1 N–H and O–H groups in total. The van der Waals surface area contributed by atoms with Crippen molar-refractivity contribution in [2.24, 2.45) is 0 Å². The lowest BCUT2D eigenvalue weighted by Gasteiger charge is -2.02. The van der Waals surface area contributed by atoms with Gasteiger partial charge in [-0.1, -0.05) is 12.1 Å². The second kappa shape index (κ2) is 4.73. The second-order valence-electron chi connectivity index (χ2n) is 3.38. The van der Waals surface area contributed by atoms with E-state index in [1.807, 2.05) is 0 Å². The lowest BCUT2D eigenvalue weighted by Crippen LogP contribution is -2.23. The molecule has 0 spiro atoms. The molecule has 6 heteroatoms. The van der Waals surface area contributed by atoms with Gasteiger partial charge in [-0.2, -0.15) is 0 Å². The van der Waals surface area contributed by atoms with Crippen LogP contribution in [-0.4, -0.2) is 16.1 Å². The molecule has 0 atom stereocenters. The average molecular weight is 235 g/mol. The maximum absolute atomic E-state index is 13.3. The average Bonchev–Trinajstić information content (AvgIpc) is 2.73. The Balaban J connectivity index is 2.01. The van der Waals surface area contributed by atoms with Crippen molar-refractivity contribution in [2.75, 3.05) is 0 Å². The molecule has 17 heavy (non-hydrogen) atoms. The monoisotopic (exact) mass is 235 g/mol. The standard InChI is InChI=1S/C11H10FN3O2/c1-7-14-15-10(17-7)6-13-11(16)8-4-2-3-5-9(8)12/h2-5H,6H2,1H3,(H,13,16). The quantitative estimate of drug-likeness (QED) is 0.874. The Hall–Kier alpha value is -2.24. The summed E-state index contributed by atoms with van der Waals surface area (Å²) in [6.07, 6.45) is 0. The first-order valence-electron chi connectivity index (χ1n) is 4.98. The van der Waals surface area contributed by atoms with Crippen molar-refractivity contribution < 1.29 is 13.6 Å². The highest BCUT2D eigenvalue weighted by Gasteiger charge is 2.11. The van der Waals surface area contributed by atoms with Crippen LogP contribution in [0.3, 0.4) is 0 Å². The molecule has 0 aliphatic rings. The zero-order valence-electron chi connectivity index (χ0n) is 9.11. The first-order chi connectivity index (χ1) is 8.16. The molecule has 88 valence electrons. The lowest BCUT2D eigenvalue weighted by atomic mass is 10.2. The summed E-state index contributed by atoms with van der Waals surface area (Å²) in [5.41, 5.74) is -0.0104. The van der Waals surface area contributed by atoms with Crippen molar-refractivity contribution in [1.29, 1.82) is 0 Å². The van der Waals surface area contributed by atoms with Crippen molar-refractivity contribution in [2.45, 2.75) is 13.5 Å². The molecule has 0 aliphatic carbocycles. The van der Waals surface area contributed by atoms with Crippen LogP contribution in [0.2, 0.25) is 0 Å². The third kappa shape index (κ3) is 2.66. The molecule has 0 aliphatic heterocycles. The van der Waals surface area contributed by atoms with E-state index in [-0.39, 0.29) is 18.0 Å². The number of halogens is 1. The number of aryl methyl sites for hydroxylation is 1. The van der Waals surface area contributed by atoms with Gasteiger partial charge in [-0.15, -0.1) is 10.2 Å². The van der Waals surface area contributed by atoms with Crippen LogP contribution in [-0.2, 0) is 6.54 Å². The summed E-state index contributed by atoms with van der Waals surface area (Å²) < 4.78 is 18.3. The van der Waals surface area contributed by atoms with Crippen LogP contribution in [0.1, 0.15) is 22.1 Å². The molecule has 2 aromatic rings. The minimum Gasteiger partial charge on any atom is -0.424 e. The first-order valence-corrected chi connectivity index (χ1v) is 4.98. The second-order valence-corrected chi connectivity index (χ2v) is 3.38. The van der Waals surface area contributed by atoms with E-state index in [2.05, 4.69) is 15.5 Å². The Kier molecular flexibility index (Phi) is 3.13. The molecule has 1 heterocycles. The topological polar surface area (TPSA) is 68.0 Å². The summed E-state index contributed by atoms with van der Waals surface area (Å²) in [5, 5.41) is 9.82. The highest BCUT2D eigenvalue weighted by Crippen LogP contribution is 2.06. The van der Waals surface area contributed by atoms with E-state index in [1.54, 1.807) is 13.0 Å². The summed E-state index contributed by atoms with van der Waals surface area (Å²) in [4.78, 5) is 11.6. The fourth-order valence-electron chi connectivity index (χ4n) is 1.31. The number of amides is 1. The molecule has 2 rings (SSSR count). The summed E-state index contributed by atoms with van der Waals surface area (Å²) >= 11 is 0. The molecule has 0 fully saturated rings. The molecule has 1 amide bonds. The Morgan fingerprint density at radius 3 is 2.82 bits per heavy atom. The predicted octanol–water partition coefficient (Wildman–Crippen LogP) is 1.45. The zero-order valence-corrected chi connectivity index (χ0v) is 9.11. The van der Waals surface area contributed by atoms with Crippen molar-refractivity contribution >= 4 is 5.91 Å². The van der Waals surface area contributed by atoms with Crippen LogP contribution >= 0.6 is 0 Å².